The lowest BCUT2D eigenvalue weighted by Crippen LogP contribution is -2.44. The van der Waals surface area contributed by atoms with Gasteiger partial charge in [0.25, 0.3) is 5.56 Å². The number of nitrogens with zero attached hydrogens (tertiary/aromatic N) is 4. The van der Waals surface area contributed by atoms with E-state index in [1.54, 1.807) is 43.4 Å². The lowest BCUT2D eigenvalue weighted by atomic mass is 10.1. The summed E-state index contributed by atoms with van der Waals surface area (Å²) in [5, 5.41) is 2.79. The summed E-state index contributed by atoms with van der Waals surface area (Å²) >= 11 is 0. The summed E-state index contributed by atoms with van der Waals surface area (Å²) in [5.74, 6) is -1.03. The van der Waals surface area contributed by atoms with Gasteiger partial charge in [-0.15, -0.1) is 0 Å². The molecule has 10 heteroatoms. The first-order valence-corrected chi connectivity index (χ1v) is 10.2. The van der Waals surface area contributed by atoms with Crippen LogP contribution in [0.4, 0.5) is 4.39 Å². The molecule has 1 atom stereocenters. The molecule has 0 aliphatic carbocycles. The van der Waals surface area contributed by atoms with Gasteiger partial charge in [0.15, 0.2) is 22.7 Å². The number of fused-ring (bicyclic) bond motifs is 1. The first-order chi connectivity index (χ1) is 15.9. The number of hydrogen-bond donors (Lipinski definition) is 1. The molecule has 4 rings (SSSR count). The fraction of sp³-hybridized carbons (Fsp3) is 0.217. The Morgan fingerprint density at radius 1 is 1.09 bits per heavy atom. The smallest absolute Gasteiger partial charge is 0.332 e. The number of amides is 1. The molecular weight excluding hydrogens is 429 g/mol. The number of carbonyl (C=O) groups is 1. The molecule has 0 radical (unpaired) electrons. The van der Waals surface area contributed by atoms with Crippen LogP contribution >= 0.6 is 0 Å². The van der Waals surface area contributed by atoms with Gasteiger partial charge in [-0.2, -0.15) is 0 Å². The van der Waals surface area contributed by atoms with Crippen molar-refractivity contribution in [1.82, 2.24) is 24.0 Å². The number of imidazole rings is 1. The van der Waals surface area contributed by atoms with Crippen molar-refractivity contribution in [2.75, 3.05) is 6.61 Å². The van der Waals surface area contributed by atoms with Crippen LogP contribution in [0.15, 0.2) is 70.5 Å². The van der Waals surface area contributed by atoms with E-state index in [1.807, 2.05) is 6.07 Å². The van der Waals surface area contributed by atoms with E-state index in [-0.39, 0.29) is 23.5 Å². The van der Waals surface area contributed by atoms with E-state index in [9.17, 15) is 18.8 Å². The molecule has 1 N–H and O–H groups in total. The predicted octanol–water partition coefficient (Wildman–Crippen LogP) is 1.51. The molecule has 9 nitrogen and oxygen atoms in total. The van der Waals surface area contributed by atoms with Crippen molar-refractivity contribution in [3.05, 3.63) is 93.1 Å². The summed E-state index contributed by atoms with van der Waals surface area (Å²) in [6.07, 6.45) is 1.43. The number of rotatable bonds is 7. The second kappa shape index (κ2) is 9.11. The maximum Gasteiger partial charge on any atom is 0.332 e. The van der Waals surface area contributed by atoms with Crippen LogP contribution in [-0.4, -0.2) is 31.2 Å². The van der Waals surface area contributed by atoms with Crippen LogP contribution in [0.25, 0.3) is 11.2 Å². The Morgan fingerprint density at radius 2 is 1.79 bits per heavy atom. The summed E-state index contributed by atoms with van der Waals surface area (Å²) in [4.78, 5) is 42.5. The Hall–Kier alpha value is -4.21. The van der Waals surface area contributed by atoms with Gasteiger partial charge < -0.3 is 14.6 Å². The largest absolute Gasteiger partial charge is 0.488 e. The number of carbonyl (C=O) groups excluding carboxylic acids is 1. The molecule has 0 aliphatic heterocycles. The van der Waals surface area contributed by atoms with E-state index in [0.717, 1.165) is 10.1 Å². The zero-order valence-corrected chi connectivity index (χ0v) is 18.1. The Morgan fingerprint density at radius 3 is 2.52 bits per heavy atom. The fourth-order valence-corrected chi connectivity index (χ4v) is 3.56. The van der Waals surface area contributed by atoms with Crippen molar-refractivity contribution in [2.24, 2.45) is 14.1 Å². The zero-order chi connectivity index (χ0) is 23.5. The average molecular weight is 451 g/mol. The Balaban J connectivity index is 1.59. The van der Waals surface area contributed by atoms with E-state index in [0.29, 0.717) is 0 Å². The van der Waals surface area contributed by atoms with E-state index < -0.39 is 35.6 Å². The van der Waals surface area contributed by atoms with Crippen molar-refractivity contribution in [2.45, 2.75) is 12.6 Å². The van der Waals surface area contributed by atoms with Gasteiger partial charge in [-0.3, -0.25) is 14.2 Å². The van der Waals surface area contributed by atoms with Crippen molar-refractivity contribution in [3.63, 3.8) is 0 Å². The van der Waals surface area contributed by atoms with Gasteiger partial charge >= 0.3 is 5.69 Å². The Bertz CT molecular complexity index is 1420. The highest BCUT2D eigenvalue weighted by molar-refractivity contribution is 5.77. The van der Waals surface area contributed by atoms with Crippen LogP contribution in [0, 0.1) is 5.82 Å². The molecule has 0 fully saturated rings. The van der Waals surface area contributed by atoms with Gasteiger partial charge in [0.05, 0.1) is 12.4 Å². The number of nitrogens with one attached hydrogen (secondary N) is 1. The average Bonchev–Trinajstić information content (AvgIpc) is 3.21. The third-order valence-electron chi connectivity index (χ3n) is 5.28. The normalized spacial score (nSPS) is 12.0. The van der Waals surface area contributed by atoms with Gasteiger partial charge in [0.1, 0.15) is 13.2 Å². The third-order valence-corrected chi connectivity index (χ3v) is 5.28. The number of para-hydroxylation sites is 1. The molecule has 0 spiro atoms. The minimum atomic E-state index is -0.653. The maximum absolute atomic E-state index is 14.0. The SMILES string of the molecule is Cn1cnc2c1c(=O)n(CC(=O)NC(COc1ccccc1F)c1ccccc1)c(=O)n2C. The molecule has 0 saturated carbocycles. The molecule has 0 saturated heterocycles. The highest BCUT2D eigenvalue weighted by Gasteiger charge is 2.20. The number of aromatic nitrogens is 4. The summed E-state index contributed by atoms with van der Waals surface area (Å²) in [6, 6.07) is 14.3. The van der Waals surface area contributed by atoms with Gasteiger partial charge in [0, 0.05) is 14.1 Å². The van der Waals surface area contributed by atoms with Crippen molar-refractivity contribution >= 4 is 17.1 Å². The van der Waals surface area contributed by atoms with Crippen LogP contribution in [0.1, 0.15) is 11.6 Å². The zero-order valence-electron chi connectivity index (χ0n) is 18.1. The molecule has 4 aromatic rings. The van der Waals surface area contributed by atoms with E-state index in [2.05, 4.69) is 10.3 Å². The Kier molecular flexibility index (Phi) is 6.07. The topological polar surface area (TPSA) is 100 Å². The Labute approximate surface area is 187 Å². The van der Waals surface area contributed by atoms with Crippen LogP contribution < -0.4 is 21.3 Å². The summed E-state index contributed by atoms with van der Waals surface area (Å²) < 4.78 is 23.1. The number of halogens is 1. The summed E-state index contributed by atoms with van der Waals surface area (Å²) in [7, 11) is 3.12. The second-order valence-corrected chi connectivity index (χ2v) is 7.53. The summed E-state index contributed by atoms with van der Waals surface area (Å²) in [5.41, 5.74) is -0.0798. The lowest BCUT2D eigenvalue weighted by Gasteiger charge is -2.20. The summed E-state index contributed by atoms with van der Waals surface area (Å²) in [6.45, 7) is -0.542. The highest BCUT2D eigenvalue weighted by Crippen LogP contribution is 2.19. The third kappa shape index (κ3) is 4.40. The first-order valence-electron chi connectivity index (χ1n) is 10.2. The molecule has 2 aromatic carbocycles. The van der Waals surface area contributed by atoms with Crippen molar-refractivity contribution in [3.8, 4) is 5.75 Å². The standard InChI is InChI=1S/C23H22FN5O4/c1-27-14-25-21-20(27)22(31)29(23(32)28(21)2)12-19(30)26-17(15-8-4-3-5-9-15)13-33-18-11-7-6-10-16(18)24/h3-11,14,17H,12-13H2,1-2H3,(H,26,30). The van der Waals surface area contributed by atoms with E-state index >= 15 is 0 Å². The number of aryl methyl sites for hydroxylation is 2. The van der Waals surface area contributed by atoms with Crippen LogP contribution in [0.3, 0.4) is 0 Å². The second-order valence-electron chi connectivity index (χ2n) is 7.53. The molecule has 0 bridgehead atoms. The highest BCUT2D eigenvalue weighted by atomic mass is 19.1. The fourth-order valence-electron chi connectivity index (χ4n) is 3.56. The maximum atomic E-state index is 14.0. The van der Waals surface area contributed by atoms with Crippen LogP contribution in [0.5, 0.6) is 5.75 Å². The van der Waals surface area contributed by atoms with Gasteiger partial charge in [-0.1, -0.05) is 42.5 Å². The van der Waals surface area contributed by atoms with Crippen LogP contribution in [-0.2, 0) is 25.4 Å². The molecule has 170 valence electrons. The van der Waals surface area contributed by atoms with Crippen molar-refractivity contribution < 1.29 is 13.9 Å². The van der Waals surface area contributed by atoms with Gasteiger partial charge in [-0.05, 0) is 17.7 Å². The molecule has 2 aromatic heterocycles. The predicted molar refractivity (Wildman–Crippen MR) is 119 cm³/mol. The molecule has 1 amide bonds. The molecular formula is C23H22FN5O4. The molecule has 0 aliphatic rings. The van der Waals surface area contributed by atoms with E-state index in [1.165, 1.54) is 34.6 Å². The molecule has 33 heavy (non-hydrogen) atoms. The molecule has 1 unspecified atom stereocenters. The van der Waals surface area contributed by atoms with Gasteiger partial charge in [0.2, 0.25) is 5.91 Å². The quantitative estimate of drug-likeness (QED) is 0.459. The monoisotopic (exact) mass is 451 g/mol. The first kappa shape index (κ1) is 22.0. The van der Waals surface area contributed by atoms with Gasteiger partial charge in [-0.25, -0.2) is 18.7 Å². The lowest BCUT2D eigenvalue weighted by molar-refractivity contribution is -0.122. The van der Waals surface area contributed by atoms with E-state index in [4.69, 9.17) is 4.74 Å². The number of hydrogen-bond acceptors (Lipinski definition) is 5. The van der Waals surface area contributed by atoms with Crippen molar-refractivity contribution in [1.29, 1.82) is 0 Å². The number of ether oxygens (including phenoxy) is 1. The minimum absolute atomic E-state index is 0.0512. The minimum Gasteiger partial charge on any atom is -0.488 e. The van der Waals surface area contributed by atoms with Crippen LogP contribution in [0.2, 0.25) is 0 Å². The molecule has 2 heterocycles. The number of benzene rings is 2.